The molecule has 0 bridgehead atoms. The van der Waals surface area contributed by atoms with E-state index < -0.39 is 0 Å². The third kappa shape index (κ3) is 2.75. The number of fused-ring (bicyclic) bond motifs is 1. The molecule has 126 valence electrons. The zero-order valence-electron chi connectivity index (χ0n) is 13.2. The number of Topliss-reactive ketones (excluding diaryl/α,β-unsaturated/α-hetero) is 1. The largest absolute Gasteiger partial charge is 0.383 e. The van der Waals surface area contributed by atoms with Crippen molar-refractivity contribution >= 4 is 54.5 Å². The van der Waals surface area contributed by atoms with E-state index in [1.807, 2.05) is 31.2 Å². The van der Waals surface area contributed by atoms with E-state index in [1.165, 1.54) is 6.20 Å². The Labute approximate surface area is 160 Å². The van der Waals surface area contributed by atoms with E-state index in [4.69, 9.17) is 5.73 Å². The van der Waals surface area contributed by atoms with Gasteiger partial charge in [0.2, 0.25) is 0 Å². The summed E-state index contributed by atoms with van der Waals surface area (Å²) in [5.74, 6) is 1.04. The van der Waals surface area contributed by atoms with E-state index in [1.54, 1.807) is 4.68 Å². The average molecular weight is 463 g/mol. The normalized spacial score (nSPS) is 14.4. The Morgan fingerprint density at radius 1 is 1.36 bits per heavy atom. The first-order valence-electron chi connectivity index (χ1n) is 7.53. The Bertz CT molecular complexity index is 1090. The first-order valence-corrected chi connectivity index (χ1v) is 9.12. The van der Waals surface area contributed by atoms with E-state index in [-0.39, 0.29) is 5.78 Å². The molecule has 3 N–H and O–H groups in total. The lowest BCUT2D eigenvalue weighted by Gasteiger charge is -2.05. The number of allylic oxidation sites excluding steroid dienone is 4. The van der Waals surface area contributed by atoms with Gasteiger partial charge < -0.3 is 10.7 Å². The van der Waals surface area contributed by atoms with Crippen LogP contribution < -0.4 is 5.73 Å². The van der Waals surface area contributed by atoms with Crippen LogP contribution in [0.15, 0.2) is 45.0 Å². The molecule has 1 aliphatic rings. The second-order valence-electron chi connectivity index (χ2n) is 5.81. The Morgan fingerprint density at radius 3 is 2.88 bits per heavy atom. The summed E-state index contributed by atoms with van der Waals surface area (Å²) in [6.45, 7) is 1.90. The predicted octanol–water partition coefficient (Wildman–Crippen LogP) is 4.15. The zero-order valence-corrected chi connectivity index (χ0v) is 16.3. The van der Waals surface area contributed by atoms with Gasteiger partial charge in [0.1, 0.15) is 11.6 Å². The fraction of sp³-hybridized carbons (Fsp3) is 0.118. The minimum Gasteiger partial charge on any atom is -0.383 e. The highest BCUT2D eigenvalue weighted by Crippen LogP contribution is 2.35. The third-order valence-corrected chi connectivity index (χ3v) is 6.02. The summed E-state index contributed by atoms with van der Waals surface area (Å²) in [7, 11) is 0. The number of carbonyl (C=O) groups excluding carboxylic acids is 1. The molecule has 0 unspecified atom stereocenters. The van der Waals surface area contributed by atoms with E-state index in [9.17, 15) is 4.79 Å². The molecule has 4 rings (SSSR count). The SMILES string of the molecule is Cc1nc2ccc(-n3ncc(C(=O)C4=CC(Br)=C(Br)C4)c3N)cc2[nH]1. The molecule has 0 atom stereocenters. The van der Waals surface area contributed by atoms with Gasteiger partial charge in [-0.3, -0.25) is 4.79 Å². The number of hydrogen-bond donors (Lipinski definition) is 2. The van der Waals surface area contributed by atoms with Gasteiger partial charge in [-0.25, -0.2) is 9.67 Å². The maximum atomic E-state index is 12.7. The lowest BCUT2D eigenvalue weighted by Crippen LogP contribution is -2.07. The summed E-state index contributed by atoms with van der Waals surface area (Å²) in [5, 5.41) is 4.30. The molecular weight excluding hydrogens is 450 g/mol. The number of carbonyl (C=O) groups is 1. The molecule has 1 aliphatic carbocycles. The molecule has 2 heterocycles. The topological polar surface area (TPSA) is 89.6 Å². The minimum atomic E-state index is -0.117. The fourth-order valence-electron chi connectivity index (χ4n) is 2.85. The van der Waals surface area contributed by atoms with Gasteiger partial charge in [-0.15, -0.1) is 0 Å². The van der Waals surface area contributed by atoms with Crippen molar-refractivity contribution in [2.75, 3.05) is 5.73 Å². The van der Waals surface area contributed by atoms with Crippen LogP contribution in [0.4, 0.5) is 5.82 Å². The van der Waals surface area contributed by atoms with Crippen molar-refractivity contribution in [3.8, 4) is 5.69 Å². The van der Waals surface area contributed by atoms with Crippen molar-refractivity contribution in [2.45, 2.75) is 13.3 Å². The Hall–Kier alpha value is -2.19. The predicted molar refractivity (Wildman–Crippen MR) is 104 cm³/mol. The number of halogens is 2. The molecule has 0 saturated carbocycles. The summed E-state index contributed by atoms with van der Waals surface area (Å²) in [4.78, 5) is 20.3. The number of nitrogen functional groups attached to an aromatic ring is 1. The molecular formula is C17H13Br2N5O. The van der Waals surface area contributed by atoms with Crippen molar-refractivity contribution in [1.82, 2.24) is 19.7 Å². The van der Waals surface area contributed by atoms with Crippen LogP contribution in [0, 0.1) is 6.92 Å². The van der Waals surface area contributed by atoms with Crippen LogP contribution in [0.3, 0.4) is 0 Å². The maximum Gasteiger partial charge on any atom is 0.194 e. The van der Waals surface area contributed by atoms with Crippen LogP contribution in [0.1, 0.15) is 22.6 Å². The van der Waals surface area contributed by atoms with Gasteiger partial charge in [-0.1, -0.05) is 15.9 Å². The Morgan fingerprint density at radius 2 is 2.16 bits per heavy atom. The van der Waals surface area contributed by atoms with Gasteiger partial charge in [-0.05, 0) is 47.1 Å². The second kappa shape index (κ2) is 5.96. The lowest BCUT2D eigenvalue weighted by atomic mass is 10.1. The highest BCUT2D eigenvalue weighted by Gasteiger charge is 2.24. The standard InChI is InChI=1S/C17H13Br2N5O/c1-8-22-14-3-2-10(6-15(14)23-8)24-17(20)11(7-21-24)16(25)9-4-12(18)13(19)5-9/h2-4,6-7H,5,20H2,1H3,(H,22,23). The van der Waals surface area contributed by atoms with Crippen LogP contribution in [-0.4, -0.2) is 25.5 Å². The van der Waals surface area contributed by atoms with Gasteiger partial charge in [0.05, 0.1) is 28.5 Å². The van der Waals surface area contributed by atoms with Gasteiger partial charge >= 0.3 is 0 Å². The number of nitrogens with one attached hydrogen (secondary N) is 1. The van der Waals surface area contributed by atoms with Gasteiger partial charge in [0.25, 0.3) is 0 Å². The molecule has 3 aromatic rings. The molecule has 0 spiro atoms. The van der Waals surface area contributed by atoms with E-state index >= 15 is 0 Å². The van der Waals surface area contributed by atoms with Crippen LogP contribution in [-0.2, 0) is 0 Å². The quantitative estimate of drug-likeness (QED) is 0.572. The summed E-state index contributed by atoms with van der Waals surface area (Å²) in [6, 6.07) is 5.69. The summed E-state index contributed by atoms with van der Waals surface area (Å²) >= 11 is 6.85. The van der Waals surface area contributed by atoms with Crippen molar-refractivity contribution in [3.05, 3.63) is 56.4 Å². The number of nitrogens with zero attached hydrogens (tertiary/aromatic N) is 3. The van der Waals surface area contributed by atoms with Crippen LogP contribution >= 0.6 is 31.9 Å². The average Bonchev–Trinajstić information content (AvgIpc) is 3.23. The van der Waals surface area contributed by atoms with E-state index in [0.717, 1.165) is 31.5 Å². The lowest BCUT2D eigenvalue weighted by molar-refractivity contribution is 0.103. The molecule has 0 saturated heterocycles. The number of H-pyrrole nitrogens is 1. The maximum absolute atomic E-state index is 12.7. The van der Waals surface area contributed by atoms with Crippen molar-refractivity contribution in [2.24, 2.45) is 0 Å². The third-order valence-electron chi connectivity index (χ3n) is 4.08. The molecule has 0 amide bonds. The highest BCUT2D eigenvalue weighted by atomic mass is 79.9. The molecule has 0 fully saturated rings. The molecule has 8 heteroatoms. The van der Waals surface area contributed by atoms with Gasteiger partial charge in [-0.2, -0.15) is 5.10 Å². The van der Waals surface area contributed by atoms with E-state index in [0.29, 0.717) is 23.4 Å². The first-order chi connectivity index (χ1) is 11.9. The fourth-order valence-corrected chi connectivity index (χ4v) is 3.68. The second-order valence-corrected chi connectivity index (χ2v) is 7.62. The molecule has 2 aromatic heterocycles. The van der Waals surface area contributed by atoms with Crippen molar-refractivity contribution < 1.29 is 4.79 Å². The molecule has 6 nitrogen and oxygen atoms in total. The Kier molecular flexibility index (Phi) is 3.88. The number of hydrogen-bond acceptors (Lipinski definition) is 4. The van der Waals surface area contributed by atoms with E-state index in [2.05, 4.69) is 46.9 Å². The molecule has 25 heavy (non-hydrogen) atoms. The summed E-state index contributed by atoms with van der Waals surface area (Å²) < 4.78 is 3.39. The number of imidazole rings is 1. The summed E-state index contributed by atoms with van der Waals surface area (Å²) in [6.07, 6.45) is 3.87. The number of aromatic amines is 1. The number of benzene rings is 1. The van der Waals surface area contributed by atoms with Crippen LogP contribution in [0.5, 0.6) is 0 Å². The number of rotatable bonds is 3. The van der Waals surface area contributed by atoms with Crippen molar-refractivity contribution in [1.29, 1.82) is 0 Å². The number of aryl methyl sites for hydroxylation is 1. The highest BCUT2D eigenvalue weighted by molar-refractivity contribution is 9.14. The summed E-state index contributed by atoms with van der Waals surface area (Å²) in [5.41, 5.74) is 9.82. The first kappa shape index (κ1) is 16.3. The number of aromatic nitrogens is 4. The smallest absolute Gasteiger partial charge is 0.194 e. The minimum absolute atomic E-state index is 0.117. The van der Waals surface area contributed by atoms with Crippen molar-refractivity contribution in [3.63, 3.8) is 0 Å². The molecule has 0 radical (unpaired) electrons. The number of anilines is 1. The monoisotopic (exact) mass is 461 g/mol. The van der Waals surface area contributed by atoms with Gasteiger partial charge in [0, 0.05) is 21.0 Å². The molecule has 0 aliphatic heterocycles. The van der Waals surface area contributed by atoms with Crippen LogP contribution in [0.25, 0.3) is 16.7 Å². The number of ketones is 1. The molecule has 1 aromatic carbocycles. The van der Waals surface area contributed by atoms with Crippen LogP contribution in [0.2, 0.25) is 0 Å². The van der Waals surface area contributed by atoms with Gasteiger partial charge in [0.15, 0.2) is 5.78 Å². The zero-order chi connectivity index (χ0) is 17.7. The number of nitrogens with two attached hydrogens (primary N) is 1. The Balaban J connectivity index is 1.71.